The number of aromatic nitrogens is 1. The number of nitrogens with two attached hydrogens (primary N) is 1. The van der Waals surface area contributed by atoms with Crippen LogP contribution in [-0.4, -0.2) is 28.9 Å². The van der Waals surface area contributed by atoms with Crippen molar-refractivity contribution in [2.24, 2.45) is 11.7 Å². The van der Waals surface area contributed by atoms with E-state index in [1.807, 2.05) is 4.90 Å². The van der Waals surface area contributed by atoms with Crippen LogP contribution in [0.3, 0.4) is 0 Å². The van der Waals surface area contributed by atoms with Crippen molar-refractivity contribution >= 4 is 28.2 Å². The van der Waals surface area contributed by atoms with Crippen molar-refractivity contribution in [2.75, 3.05) is 18.0 Å². The van der Waals surface area contributed by atoms with Gasteiger partial charge in [0, 0.05) is 25.2 Å². The van der Waals surface area contributed by atoms with Crippen molar-refractivity contribution in [2.45, 2.75) is 12.8 Å². The molecule has 0 radical (unpaired) electrons. The van der Waals surface area contributed by atoms with Gasteiger partial charge in [0.15, 0.2) is 0 Å². The van der Waals surface area contributed by atoms with Gasteiger partial charge in [-0.25, -0.2) is 0 Å². The predicted octanol–water partition coefficient (Wildman–Crippen LogP) is 1.84. The number of amides is 1. The van der Waals surface area contributed by atoms with E-state index < -0.39 is 0 Å². The zero-order valence-corrected chi connectivity index (χ0v) is 11.9. The van der Waals surface area contributed by atoms with Crippen molar-refractivity contribution < 1.29 is 9.72 Å². The van der Waals surface area contributed by atoms with E-state index in [0.29, 0.717) is 42.5 Å². The topological polar surface area (TPSA) is 102 Å². The molecule has 1 fully saturated rings. The molecule has 1 aliphatic rings. The Bertz CT molecular complexity index is 739. The second-order valence-corrected chi connectivity index (χ2v) is 5.42. The van der Waals surface area contributed by atoms with Gasteiger partial charge in [0.25, 0.3) is 0 Å². The highest BCUT2D eigenvalue weighted by molar-refractivity contribution is 5.94. The molecule has 2 aromatic rings. The summed E-state index contributed by atoms with van der Waals surface area (Å²) >= 11 is 0. The molecule has 2 heterocycles. The number of hydrogen-bond acceptors (Lipinski definition) is 5. The number of nitro benzene ring substituents is 1. The molecule has 0 aliphatic carbocycles. The fourth-order valence-electron chi connectivity index (χ4n) is 2.98. The average molecular weight is 300 g/mol. The number of piperidine rings is 1. The predicted molar refractivity (Wildman–Crippen MR) is 82.5 cm³/mol. The van der Waals surface area contributed by atoms with Crippen molar-refractivity contribution in [1.29, 1.82) is 0 Å². The van der Waals surface area contributed by atoms with Gasteiger partial charge in [0.05, 0.1) is 15.8 Å². The lowest BCUT2D eigenvalue weighted by atomic mass is 9.95. The quantitative estimate of drug-likeness (QED) is 0.688. The first kappa shape index (κ1) is 14.2. The fraction of sp³-hybridized carbons (Fsp3) is 0.333. The van der Waals surface area contributed by atoms with Gasteiger partial charge in [-0.05, 0) is 37.1 Å². The molecule has 114 valence electrons. The lowest BCUT2D eigenvalue weighted by Gasteiger charge is -2.32. The first-order chi connectivity index (χ1) is 10.6. The molecule has 2 N–H and O–H groups in total. The van der Waals surface area contributed by atoms with E-state index in [1.165, 1.54) is 0 Å². The minimum atomic E-state index is -0.362. The lowest BCUT2D eigenvalue weighted by molar-refractivity contribution is -0.382. The Morgan fingerprint density at radius 2 is 2.05 bits per heavy atom. The summed E-state index contributed by atoms with van der Waals surface area (Å²) in [7, 11) is 0. The number of hydrogen-bond donors (Lipinski definition) is 1. The number of benzene rings is 1. The summed E-state index contributed by atoms with van der Waals surface area (Å²) in [5, 5.41) is 12.1. The van der Waals surface area contributed by atoms with Crippen molar-refractivity contribution in [3.8, 4) is 0 Å². The molecule has 1 aromatic heterocycles. The van der Waals surface area contributed by atoms with Crippen LogP contribution in [-0.2, 0) is 4.79 Å². The normalized spacial score (nSPS) is 15.9. The van der Waals surface area contributed by atoms with Gasteiger partial charge in [0.2, 0.25) is 5.91 Å². The highest BCUT2D eigenvalue weighted by atomic mass is 16.6. The van der Waals surface area contributed by atoms with E-state index >= 15 is 0 Å². The van der Waals surface area contributed by atoms with Gasteiger partial charge in [-0.1, -0.05) is 0 Å². The van der Waals surface area contributed by atoms with Crippen molar-refractivity contribution in [3.05, 3.63) is 40.6 Å². The molecule has 1 amide bonds. The van der Waals surface area contributed by atoms with Gasteiger partial charge >= 0.3 is 5.69 Å². The van der Waals surface area contributed by atoms with Gasteiger partial charge in [-0.2, -0.15) is 0 Å². The van der Waals surface area contributed by atoms with E-state index in [1.54, 1.807) is 30.5 Å². The second-order valence-electron chi connectivity index (χ2n) is 5.42. The van der Waals surface area contributed by atoms with Crippen molar-refractivity contribution in [1.82, 2.24) is 4.98 Å². The molecule has 3 rings (SSSR count). The first-order valence-corrected chi connectivity index (χ1v) is 7.14. The van der Waals surface area contributed by atoms with E-state index in [2.05, 4.69) is 4.98 Å². The lowest BCUT2D eigenvalue weighted by Crippen LogP contribution is -2.38. The third-order valence-corrected chi connectivity index (χ3v) is 4.16. The number of anilines is 1. The molecule has 0 atom stereocenters. The molecule has 22 heavy (non-hydrogen) atoms. The molecule has 1 aromatic carbocycles. The Morgan fingerprint density at radius 3 is 2.68 bits per heavy atom. The van der Waals surface area contributed by atoms with E-state index in [4.69, 9.17) is 5.73 Å². The van der Waals surface area contributed by atoms with Crippen LogP contribution in [0.15, 0.2) is 30.5 Å². The van der Waals surface area contributed by atoms with Crippen LogP contribution in [0.25, 0.3) is 10.9 Å². The summed E-state index contributed by atoms with van der Waals surface area (Å²) in [6.45, 7) is 1.17. The Balaban J connectivity index is 1.99. The SMILES string of the molecule is NC(=O)C1CCN(c2ccc3ncccc3c2[N+](=O)[O-])CC1. The molecule has 0 bridgehead atoms. The Hall–Kier alpha value is -2.70. The molecular formula is C15H16N4O3. The number of carbonyl (C=O) groups excluding carboxylic acids is 1. The highest BCUT2D eigenvalue weighted by Crippen LogP contribution is 2.36. The van der Waals surface area contributed by atoms with Gasteiger partial charge < -0.3 is 10.6 Å². The first-order valence-electron chi connectivity index (χ1n) is 7.14. The van der Waals surface area contributed by atoms with Gasteiger partial charge in [-0.3, -0.25) is 19.9 Å². The third kappa shape index (κ3) is 2.45. The largest absolute Gasteiger partial charge is 0.369 e. The third-order valence-electron chi connectivity index (χ3n) is 4.16. The number of nitro groups is 1. The number of rotatable bonds is 3. The number of primary amides is 1. The molecule has 7 nitrogen and oxygen atoms in total. The molecule has 1 saturated heterocycles. The zero-order chi connectivity index (χ0) is 15.7. The van der Waals surface area contributed by atoms with Crippen LogP contribution >= 0.6 is 0 Å². The maximum absolute atomic E-state index is 11.5. The maximum atomic E-state index is 11.5. The summed E-state index contributed by atoms with van der Waals surface area (Å²) in [6, 6.07) is 6.93. The molecule has 0 spiro atoms. The zero-order valence-electron chi connectivity index (χ0n) is 11.9. The molecular weight excluding hydrogens is 284 g/mol. The average Bonchev–Trinajstić information content (AvgIpc) is 2.53. The minimum Gasteiger partial charge on any atom is -0.369 e. The van der Waals surface area contributed by atoms with Crippen LogP contribution in [0.4, 0.5) is 11.4 Å². The smallest absolute Gasteiger partial charge is 0.301 e. The molecule has 1 aliphatic heterocycles. The summed E-state index contributed by atoms with van der Waals surface area (Å²) in [4.78, 5) is 28.5. The van der Waals surface area contributed by atoms with Crippen LogP contribution in [0.5, 0.6) is 0 Å². The van der Waals surface area contributed by atoms with E-state index in [-0.39, 0.29) is 22.4 Å². The molecule has 0 unspecified atom stereocenters. The number of nitrogens with zero attached hydrogens (tertiary/aromatic N) is 3. The number of pyridine rings is 1. The van der Waals surface area contributed by atoms with E-state index in [9.17, 15) is 14.9 Å². The summed E-state index contributed by atoms with van der Waals surface area (Å²) in [5.41, 5.74) is 6.58. The number of fused-ring (bicyclic) bond motifs is 1. The molecule has 7 heteroatoms. The monoisotopic (exact) mass is 300 g/mol. The van der Waals surface area contributed by atoms with Crippen LogP contribution in [0.1, 0.15) is 12.8 Å². The number of carbonyl (C=O) groups is 1. The fourth-order valence-corrected chi connectivity index (χ4v) is 2.98. The minimum absolute atomic E-state index is 0.0723. The maximum Gasteiger partial charge on any atom is 0.301 e. The molecule has 0 saturated carbocycles. The summed E-state index contributed by atoms with van der Waals surface area (Å²) in [6.07, 6.45) is 2.86. The Morgan fingerprint density at radius 1 is 1.32 bits per heavy atom. The van der Waals surface area contributed by atoms with Crippen molar-refractivity contribution in [3.63, 3.8) is 0 Å². The van der Waals surface area contributed by atoms with E-state index in [0.717, 1.165) is 0 Å². The summed E-state index contributed by atoms with van der Waals surface area (Å²) < 4.78 is 0. The van der Waals surface area contributed by atoms with Crippen LogP contribution in [0, 0.1) is 16.0 Å². The van der Waals surface area contributed by atoms with Crippen LogP contribution < -0.4 is 10.6 Å². The van der Waals surface area contributed by atoms with Gasteiger partial charge in [-0.15, -0.1) is 0 Å². The second kappa shape index (κ2) is 5.59. The summed E-state index contributed by atoms with van der Waals surface area (Å²) in [5.74, 6) is -0.436. The van der Waals surface area contributed by atoms with Gasteiger partial charge in [0.1, 0.15) is 5.69 Å². The Labute approximate surface area is 126 Å². The van der Waals surface area contributed by atoms with Crippen LogP contribution in [0.2, 0.25) is 0 Å². The Kier molecular flexibility index (Phi) is 3.62. The standard InChI is InChI=1S/C15H16N4O3/c16-15(20)10-5-8-18(9-6-10)13-4-3-12-11(2-1-7-17-12)14(13)19(21)22/h1-4,7,10H,5-6,8-9H2,(H2,16,20). The highest BCUT2D eigenvalue weighted by Gasteiger charge is 2.28.